The lowest BCUT2D eigenvalue weighted by atomic mass is 10.4. The van der Waals surface area contributed by atoms with Crippen LogP contribution in [0, 0.1) is 6.92 Å². The van der Waals surface area contributed by atoms with Crippen LogP contribution in [0.5, 0.6) is 0 Å². The minimum absolute atomic E-state index is 0. The van der Waals surface area contributed by atoms with Crippen molar-refractivity contribution in [1.29, 1.82) is 0 Å². The molecule has 0 aromatic carbocycles. The van der Waals surface area contributed by atoms with E-state index in [4.69, 9.17) is 0 Å². The Bertz CT molecular complexity index is 440. The molecule has 0 saturated carbocycles. The number of aliphatic imine (C=N–C) groups is 1. The third-order valence-corrected chi connectivity index (χ3v) is 3.68. The van der Waals surface area contributed by atoms with Crippen molar-refractivity contribution in [2.45, 2.75) is 26.3 Å². The first-order valence-electron chi connectivity index (χ1n) is 7.11. The van der Waals surface area contributed by atoms with Gasteiger partial charge in [-0.2, -0.15) is 11.8 Å². The zero-order valence-electron chi connectivity index (χ0n) is 13.4. The van der Waals surface area contributed by atoms with E-state index in [9.17, 15) is 4.39 Å². The Balaban J connectivity index is 0.00000441. The van der Waals surface area contributed by atoms with Gasteiger partial charge in [-0.1, -0.05) is 0 Å². The maximum atomic E-state index is 12.2. The van der Waals surface area contributed by atoms with Crippen LogP contribution < -0.4 is 10.6 Å². The molecule has 0 spiro atoms. The summed E-state index contributed by atoms with van der Waals surface area (Å²) < 4.78 is 14.1. The highest BCUT2D eigenvalue weighted by molar-refractivity contribution is 14.0. The largest absolute Gasteiger partial charge is 0.356 e. The first-order chi connectivity index (χ1) is 10.2. The van der Waals surface area contributed by atoms with Gasteiger partial charge in [0.2, 0.25) is 0 Å². The van der Waals surface area contributed by atoms with Crippen LogP contribution in [0.4, 0.5) is 4.39 Å². The number of rotatable bonds is 9. The van der Waals surface area contributed by atoms with E-state index >= 15 is 0 Å². The second-order valence-electron chi connectivity index (χ2n) is 4.63. The third-order valence-electron chi connectivity index (χ3n) is 2.98. The standard InChI is InChI=1S/C13H25FN6S.HI/c1-11-18-19-12(20(11)2)10-17-13(15-7-4-6-14)16-8-5-9-21-3;/h4-10H2,1-3H3,(H2,15,16,17);1H. The Hall–Kier alpha value is -0.580. The molecule has 1 heterocycles. The lowest BCUT2D eigenvalue weighted by molar-refractivity contribution is 0.470. The van der Waals surface area contributed by atoms with Gasteiger partial charge in [0.25, 0.3) is 0 Å². The quantitative estimate of drug-likeness (QED) is 0.264. The summed E-state index contributed by atoms with van der Waals surface area (Å²) in [7, 11) is 1.92. The van der Waals surface area contributed by atoms with Crippen molar-refractivity contribution in [3.63, 3.8) is 0 Å². The van der Waals surface area contributed by atoms with Crippen molar-refractivity contribution in [1.82, 2.24) is 25.4 Å². The van der Waals surface area contributed by atoms with E-state index in [0.29, 0.717) is 25.5 Å². The molecule has 0 unspecified atom stereocenters. The van der Waals surface area contributed by atoms with Gasteiger partial charge in [0.15, 0.2) is 11.8 Å². The molecule has 22 heavy (non-hydrogen) atoms. The molecule has 0 saturated heterocycles. The van der Waals surface area contributed by atoms with Crippen LogP contribution in [-0.2, 0) is 13.6 Å². The van der Waals surface area contributed by atoms with Crippen molar-refractivity contribution in [3.8, 4) is 0 Å². The van der Waals surface area contributed by atoms with Crippen molar-refractivity contribution in [2.75, 3.05) is 31.8 Å². The number of thioether (sulfide) groups is 1. The molecule has 0 atom stereocenters. The van der Waals surface area contributed by atoms with E-state index in [1.165, 1.54) is 0 Å². The van der Waals surface area contributed by atoms with E-state index < -0.39 is 0 Å². The summed E-state index contributed by atoms with van der Waals surface area (Å²) in [6, 6.07) is 0. The van der Waals surface area contributed by atoms with Crippen LogP contribution in [0.2, 0.25) is 0 Å². The van der Waals surface area contributed by atoms with Crippen LogP contribution in [0.25, 0.3) is 0 Å². The predicted octanol–water partition coefficient (Wildman–Crippen LogP) is 1.89. The van der Waals surface area contributed by atoms with Crippen LogP contribution in [-0.4, -0.2) is 52.5 Å². The molecule has 0 aliphatic rings. The van der Waals surface area contributed by atoms with Crippen LogP contribution in [0.1, 0.15) is 24.5 Å². The molecular weight excluding hydrogens is 418 g/mol. The van der Waals surface area contributed by atoms with Crippen molar-refractivity contribution in [3.05, 3.63) is 11.6 Å². The summed E-state index contributed by atoms with van der Waals surface area (Å²) in [4.78, 5) is 4.48. The van der Waals surface area contributed by atoms with E-state index in [0.717, 1.165) is 30.4 Å². The molecule has 6 nitrogen and oxygen atoms in total. The van der Waals surface area contributed by atoms with Crippen LogP contribution >= 0.6 is 35.7 Å². The zero-order chi connectivity index (χ0) is 15.5. The Labute approximate surface area is 153 Å². The van der Waals surface area contributed by atoms with Gasteiger partial charge in [0.1, 0.15) is 12.4 Å². The molecule has 0 aliphatic carbocycles. The molecule has 1 aromatic heterocycles. The maximum absolute atomic E-state index is 12.2. The maximum Gasteiger partial charge on any atom is 0.191 e. The highest BCUT2D eigenvalue weighted by Crippen LogP contribution is 1.99. The number of guanidine groups is 1. The molecule has 128 valence electrons. The van der Waals surface area contributed by atoms with Gasteiger partial charge in [-0.05, 0) is 31.8 Å². The monoisotopic (exact) mass is 444 g/mol. The van der Waals surface area contributed by atoms with Gasteiger partial charge in [0.05, 0.1) is 6.67 Å². The SMILES string of the molecule is CSCCCNC(=NCc1nnc(C)n1C)NCCCF.I. The Morgan fingerprint density at radius 2 is 1.95 bits per heavy atom. The molecular formula is C13H26FIN6S. The minimum Gasteiger partial charge on any atom is -0.356 e. The summed E-state index contributed by atoms with van der Waals surface area (Å²) in [5.74, 6) is 3.47. The van der Waals surface area contributed by atoms with Gasteiger partial charge in [0, 0.05) is 20.1 Å². The fraction of sp³-hybridized carbons (Fsp3) is 0.769. The molecule has 9 heteroatoms. The summed E-state index contributed by atoms with van der Waals surface area (Å²) in [5.41, 5.74) is 0. The fourth-order valence-electron chi connectivity index (χ4n) is 1.61. The Morgan fingerprint density at radius 3 is 2.50 bits per heavy atom. The average Bonchev–Trinajstić information content (AvgIpc) is 2.80. The van der Waals surface area contributed by atoms with E-state index in [1.54, 1.807) is 0 Å². The third kappa shape index (κ3) is 8.16. The molecule has 1 rings (SSSR count). The van der Waals surface area contributed by atoms with Crippen LogP contribution in [0.3, 0.4) is 0 Å². The minimum atomic E-state index is -0.324. The molecule has 2 N–H and O–H groups in total. The molecule has 0 radical (unpaired) electrons. The summed E-state index contributed by atoms with van der Waals surface area (Å²) in [6.45, 7) is 3.45. The predicted molar refractivity (Wildman–Crippen MR) is 102 cm³/mol. The number of hydrogen-bond donors (Lipinski definition) is 2. The molecule has 0 bridgehead atoms. The smallest absolute Gasteiger partial charge is 0.191 e. The number of aromatic nitrogens is 3. The first kappa shape index (κ1) is 21.4. The molecule has 0 aliphatic heterocycles. The second kappa shape index (κ2) is 12.9. The van der Waals surface area contributed by atoms with Gasteiger partial charge >= 0.3 is 0 Å². The highest BCUT2D eigenvalue weighted by Gasteiger charge is 2.04. The second-order valence-corrected chi connectivity index (χ2v) is 5.62. The van der Waals surface area contributed by atoms with Gasteiger partial charge in [-0.15, -0.1) is 34.2 Å². The van der Waals surface area contributed by atoms with Crippen molar-refractivity contribution in [2.24, 2.45) is 12.0 Å². The summed E-state index contributed by atoms with van der Waals surface area (Å²) in [5, 5.41) is 14.5. The summed E-state index contributed by atoms with van der Waals surface area (Å²) in [6.07, 6.45) is 3.63. The topological polar surface area (TPSA) is 67.1 Å². The van der Waals surface area contributed by atoms with Gasteiger partial charge < -0.3 is 15.2 Å². The fourth-order valence-corrected chi connectivity index (χ4v) is 2.04. The van der Waals surface area contributed by atoms with Gasteiger partial charge in [-0.3, -0.25) is 4.39 Å². The first-order valence-corrected chi connectivity index (χ1v) is 8.50. The van der Waals surface area contributed by atoms with Crippen LogP contribution in [0.15, 0.2) is 4.99 Å². The average molecular weight is 444 g/mol. The van der Waals surface area contributed by atoms with E-state index in [1.807, 2.05) is 30.3 Å². The normalized spacial score (nSPS) is 11.2. The number of nitrogens with zero attached hydrogens (tertiary/aromatic N) is 4. The van der Waals surface area contributed by atoms with Crippen molar-refractivity contribution >= 4 is 41.7 Å². The molecule has 0 fully saturated rings. The van der Waals surface area contributed by atoms with E-state index in [-0.39, 0.29) is 30.7 Å². The summed E-state index contributed by atoms with van der Waals surface area (Å²) >= 11 is 1.82. The molecule has 0 amide bonds. The molecule has 1 aromatic rings. The number of nitrogens with one attached hydrogen (secondary N) is 2. The highest BCUT2D eigenvalue weighted by atomic mass is 127. The lowest BCUT2D eigenvalue weighted by Crippen LogP contribution is -2.38. The lowest BCUT2D eigenvalue weighted by Gasteiger charge is -2.11. The number of aryl methyl sites for hydroxylation is 1. The Kier molecular flexibility index (Phi) is 12.6. The van der Waals surface area contributed by atoms with Crippen molar-refractivity contribution < 1.29 is 4.39 Å². The number of hydrogen-bond acceptors (Lipinski definition) is 4. The van der Waals surface area contributed by atoms with Gasteiger partial charge in [-0.25, -0.2) is 4.99 Å². The zero-order valence-corrected chi connectivity index (χ0v) is 16.6. The van der Waals surface area contributed by atoms with E-state index in [2.05, 4.69) is 32.1 Å². The number of halogens is 2. The number of alkyl halides is 1. The Morgan fingerprint density at radius 1 is 1.27 bits per heavy atom.